The zero-order valence-electron chi connectivity index (χ0n) is 81.5. The molecule has 0 aliphatic carbocycles. The van der Waals surface area contributed by atoms with Gasteiger partial charge in [-0.15, -0.1) is 0 Å². The van der Waals surface area contributed by atoms with E-state index < -0.39 is 0 Å². The topological polar surface area (TPSA) is 32.7 Å². The first-order valence-electron chi connectivity index (χ1n) is 48.5. The molecule has 24 rings (SSSR count). The second kappa shape index (κ2) is 38.5. The van der Waals surface area contributed by atoms with E-state index in [4.69, 9.17) is 0 Å². The van der Waals surface area contributed by atoms with E-state index >= 15 is 0 Å². The molecule has 0 saturated heterocycles. The third-order valence-corrected chi connectivity index (χ3v) is 26.8. The maximum Gasteiger partial charge on any atom is 0.0541 e. The Labute approximate surface area is 821 Å². The van der Waals surface area contributed by atoms with Crippen molar-refractivity contribution in [3.63, 3.8) is 0 Å². The van der Waals surface area contributed by atoms with Crippen molar-refractivity contribution in [3.05, 3.63) is 528 Å². The molecule has 0 N–H and O–H groups in total. The lowest BCUT2D eigenvalue weighted by Gasteiger charge is -2.30. The van der Waals surface area contributed by atoms with Gasteiger partial charge < -0.3 is 37.9 Å². The molecule has 0 unspecified atom stereocenters. The van der Waals surface area contributed by atoms with Crippen LogP contribution < -0.4 is 19.6 Å². The van der Waals surface area contributed by atoms with Gasteiger partial charge in [-0.05, 0) is 348 Å². The number of para-hydroxylation sites is 8. The van der Waals surface area contributed by atoms with Gasteiger partial charge >= 0.3 is 0 Å². The molecule has 0 saturated carbocycles. The van der Waals surface area contributed by atoms with E-state index in [0.717, 1.165) is 68.2 Å². The molecule has 8 heteroatoms. The van der Waals surface area contributed by atoms with Crippen molar-refractivity contribution in [1.29, 1.82) is 0 Å². The fraction of sp³-hybridized carbons (Fsp3) is 0.0909. The normalized spacial score (nSPS) is 11.3. The number of benzene rings is 20. The summed E-state index contributed by atoms with van der Waals surface area (Å²) in [5, 5.41) is 10.4. The van der Waals surface area contributed by atoms with Crippen molar-refractivity contribution in [2.24, 2.45) is 0 Å². The lowest BCUT2D eigenvalue weighted by molar-refractivity contribution is 1.12. The molecule has 20 aromatic carbocycles. The zero-order valence-corrected chi connectivity index (χ0v) is 81.5. The summed E-state index contributed by atoms with van der Waals surface area (Å²) >= 11 is 0. The molecule has 0 bridgehead atoms. The number of hydrogen-bond donors (Lipinski definition) is 0. The highest BCUT2D eigenvalue weighted by Gasteiger charge is 2.25. The number of fused-ring (bicyclic) bond motifs is 12. The third kappa shape index (κ3) is 17.9. The second-order valence-electron chi connectivity index (χ2n) is 37.6. The minimum atomic E-state index is 1.12. The van der Waals surface area contributed by atoms with Gasteiger partial charge in [-0.1, -0.05) is 263 Å². The summed E-state index contributed by atoms with van der Waals surface area (Å²) in [6.07, 6.45) is 0. The van der Waals surface area contributed by atoms with Gasteiger partial charge in [0.25, 0.3) is 0 Å². The van der Waals surface area contributed by atoms with Crippen molar-refractivity contribution < 1.29 is 0 Å². The summed E-state index contributed by atoms with van der Waals surface area (Å²) in [5.74, 6) is 0. The molecule has 24 aromatic rings. The second-order valence-corrected chi connectivity index (χ2v) is 37.6. The molecule has 4 aromatic heterocycles. The fourth-order valence-electron chi connectivity index (χ4n) is 20.3. The standard InChI is InChI=1S/C35H30N2.C35H34N2.C31H22N2.C31H26N2/c1-21-6-10-32-28(16-21)29-17-22(2)7-11-33(29)36(32)26-14-25(5)15-27(20-26)37-34-12-8-23(3)18-30(34)31-19-24(4)9-13-35(31)37;1-25-6-14-30(15-7-25)36(31-16-8-26(2)9-17-31)34-22-29(5)23-35(24-34)37(32-18-10-27(3)11-19-32)33-20-12-28(4)13-21-33;1-21-18-22(32-28-14-6-2-10-24(28)25-11-3-7-15-29(25)32)20-23(19-21)33-30-16-8-4-12-26(30)27-13-5-9-17-31(27)33;1-25-22-30(32(26-14-6-2-7-15-26)27-16-8-3-9-17-27)24-31(23-25)33(28-18-10-4-11-19-28)29-20-12-5-13-21-29/h6-20H,1-5H3;6-24H,1-5H3;2-20H,1H3;2-24H,1H3. The molecule has 680 valence electrons. The van der Waals surface area contributed by atoms with Crippen molar-refractivity contribution in [3.8, 4) is 22.7 Å². The minimum Gasteiger partial charge on any atom is -0.310 e. The maximum atomic E-state index is 2.43. The van der Waals surface area contributed by atoms with Gasteiger partial charge in [0.15, 0.2) is 0 Å². The number of rotatable bonds is 16. The van der Waals surface area contributed by atoms with Crippen LogP contribution in [0.2, 0.25) is 0 Å². The van der Waals surface area contributed by atoms with Crippen LogP contribution in [0, 0.1) is 83.1 Å². The zero-order chi connectivity index (χ0) is 95.8. The lowest BCUT2D eigenvalue weighted by Crippen LogP contribution is -2.13. The third-order valence-electron chi connectivity index (χ3n) is 26.8. The van der Waals surface area contributed by atoms with Crippen LogP contribution in [0.5, 0.6) is 0 Å². The van der Waals surface area contributed by atoms with Crippen molar-refractivity contribution in [2.45, 2.75) is 83.1 Å². The van der Waals surface area contributed by atoms with E-state index in [1.807, 2.05) is 0 Å². The van der Waals surface area contributed by atoms with Crippen LogP contribution in [0.25, 0.3) is 110 Å². The van der Waals surface area contributed by atoms with Gasteiger partial charge in [0, 0.05) is 134 Å². The van der Waals surface area contributed by atoms with E-state index in [9.17, 15) is 0 Å². The summed E-state index contributed by atoms with van der Waals surface area (Å²) in [4.78, 5) is 9.31. The molecule has 0 aliphatic rings. The van der Waals surface area contributed by atoms with Gasteiger partial charge in [0.2, 0.25) is 0 Å². The van der Waals surface area contributed by atoms with E-state index in [-0.39, 0.29) is 0 Å². The predicted octanol–water partition coefficient (Wildman–Crippen LogP) is 36.7. The van der Waals surface area contributed by atoms with Crippen LogP contribution in [0.15, 0.2) is 461 Å². The Balaban J connectivity index is 0.000000111. The Morgan fingerprint density at radius 2 is 0.286 bits per heavy atom. The summed E-state index contributed by atoms with van der Waals surface area (Å²) in [6, 6.07) is 167. The average molecular weight is 1810 g/mol. The number of aromatic nitrogens is 4. The van der Waals surface area contributed by atoms with Crippen LogP contribution in [-0.2, 0) is 0 Å². The molecule has 0 spiro atoms. The molecular formula is C132H112N8. The number of anilines is 12. The molecule has 4 heterocycles. The minimum absolute atomic E-state index is 1.12. The quantitative estimate of drug-likeness (QED) is 0.0965. The van der Waals surface area contributed by atoms with E-state index in [1.165, 1.54) is 177 Å². The number of nitrogens with zero attached hydrogens (tertiary/aromatic N) is 8. The van der Waals surface area contributed by atoms with E-state index in [1.54, 1.807) is 0 Å². The van der Waals surface area contributed by atoms with Crippen LogP contribution in [-0.4, -0.2) is 18.3 Å². The number of hydrogen-bond acceptors (Lipinski definition) is 4. The van der Waals surface area contributed by atoms with E-state index in [0.29, 0.717) is 0 Å². The first kappa shape index (κ1) is 89.3. The van der Waals surface area contributed by atoms with Gasteiger partial charge in [-0.25, -0.2) is 0 Å². The monoisotopic (exact) mass is 1810 g/mol. The molecule has 140 heavy (non-hydrogen) atoms. The largest absolute Gasteiger partial charge is 0.310 e. The predicted molar refractivity (Wildman–Crippen MR) is 599 cm³/mol. The SMILES string of the molecule is Cc1cc(-n2c3ccc(C)cc3c3cc(C)ccc32)cc(-n2c3ccc(C)cc3c3cc(C)ccc32)c1.Cc1cc(-n2c3ccccc3c3ccccc32)cc(-n2c3ccccc3c3ccccc32)c1.Cc1cc(N(c2ccccc2)c2ccccc2)cc(N(c2ccccc2)c2ccccc2)c1.Cc1ccc(N(c2ccc(C)cc2)c2cc(C)cc(N(c3ccc(C)cc3)c3ccc(C)cc3)c2)cc1. The fourth-order valence-corrected chi connectivity index (χ4v) is 20.3. The summed E-state index contributed by atoms with van der Waals surface area (Å²) in [6.45, 7) is 26.0. The van der Waals surface area contributed by atoms with Crippen molar-refractivity contribution in [2.75, 3.05) is 19.6 Å². The maximum absolute atomic E-state index is 2.43. The van der Waals surface area contributed by atoms with Gasteiger partial charge in [0.1, 0.15) is 0 Å². The lowest BCUT2D eigenvalue weighted by atomic mass is 10.1. The van der Waals surface area contributed by atoms with Crippen LogP contribution >= 0.6 is 0 Å². The summed E-state index contributed by atoms with van der Waals surface area (Å²) < 4.78 is 9.66. The van der Waals surface area contributed by atoms with Crippen molar-refractivity contribution in [1.82, 2.24) is 18.3 Å². The van der Waals surface area contributed by atoms with Crippen LogP contribution in [0.1, 0.15) is 66.8 Å². The van der Waals surface area contributed by atoms with Gasteiger partial charge in [0.05, 0.1) is 44.1 Å². The molecule has 0 aliphatic heterocycles. The van der Waals surface area contributed by atoms with Gasteiger partial charge in [-0.2, -0.15) is 0 Å². The number of aryl methyl sites for hydroxylation is 12. The molecule has 0 atom stereocenters. The first-order chi connectivity index (χ1) is 68.3. The van der Waals surface area contributed by atoms with Gasteiger partial charge in [-0.3, -0.25) is 0 Å². The first-order valence-corrected chi connectivity index (χ1v) is 48.5. The molecule has 0 fully saturated rings. The summed E-state index contributed by atoms with van der Waals surface area (Å²) in [7, 11) is 0. The van der Waals surface area contributed by atoms with Crippen molar-refractivity contribution >= 4 is 155 Å². The van der Waals surface area contributed by atoms with Crippen LogP contribution in [0.3, 0.4) is 0 Å². The molecule has 0 amide bonds. The Morgan fingerprint density at radius 3 is 0.500 bits per heavy atom. The molecule has 0 radical (unpaired) electrons. The highest BCUT2D eigenvalue weighted by molar-refractivity contribution is 6.13. The smallest absolute Gasteiger partial charge is 0.0541 e. The Bertz CT molecular complexity index is 7780. The van der Waals surface area contributed by atoms with E-state index in [2.05, 4.69) is 582 Å². The highest BCUT2D eigenvalue weighted by atomic mass is 15.2. The molecule has 8 nitrogen and oxygen atoms in total. The Hall–Kier alpha value is -17.2. The van der Waals surface area contributed by atoms with Crippen LogP contribution in [0.4, 0.5) is 68.2 Å². The summed E-state index contributed by atoms with van der Waals surface area (Å²) in [5.41, 5.74) is 43.3. The highest BCUT2D eigenvalue weighted by Crippen LogP contribution is 2.47. The molecular weight excluding hydrogens is 1700 g/mol. The Kier molecular flexibility index (Phi) is 24.6. The Morgan fingerprint density at radius 1 is 0.114 bits per heavy atom. The average Bonchev–Trinajstić information content (AvgIpc) is 1.59.